The van der Waals surface area contributed by atoms with Gasteiger partial charge in [-0.3, -0.25) is 4.79 Å². The molecule has 1 amide bonds. The number of nitriles is 1. The quantitative estimate of drug-likeness (QED) is 0.337. The van der Waals surface area contributed by atoms with E-state index in [1.165, 1.54) is 42.7 Å². The van der Waals surface area contributed by atoms with Gasteiger partial charge in [0, 0.05) is 12.0 Å². The van der Waals surface area contributed by atoms with Crippen molar-refractivity contribution in [3.63, 3.8) is 0 Å². The highest BCUT2D eigenvalue weighted by atomic mass is 19.4. The van der Waals surface area contributed by atoms with Crippen LogP contribution in [0.15, 0.2) is 84.5 Å². The Balaban J connectivity index is 1.46. The molecule has 0 spiro atoms. The van der Waals surface area contributed by atoms with Gasteiger partial charge in [0.2, 0.25) is 0 Å². The van der Waals surface area contributed by atoms with Gasteiger partial charge in [0.1, 0.15) is 5.69 Å². The van der Waals surface area contributed by atoms with Crippen molar-refractivity contribution in [2.45, 2.75) is 56.7 Å². The lowest BCUT2D eigenvalue weighted by Gasteiger charge is -2.32. The molecule has 0 bridgehead atoms. The molecule has 5 nitrogen and oxygen atoms in total. The molecule has 5 rings (SSSR count). The lowest BCUT2D eigenvalue weighted by atomic mass is 9.80. The van der Waals surface area contributed by atoms with Crippen LogP contribution in [0, 0.1) is 17.2 Å². The number of benzene rings is 2. The van der Waals surface area contributed by atoms with Gasteiger partial charge in [-0.25, -0.2) is 4.68 Å². The SMILES string of the molecule is CC1(NC(=O)c2cc(C(F)(F)F)nn2-c2cccc(C#N)c2)C=C(C(CCC2CC2)c2ccccc2)C=CC1. The molecular weight excluding hydrogens is 501 g/mol. The number of amides is 1. The van der Waals surface area contributed by atoms with Crippen LogP contribution in [0.1, 0.15) is 72.3 Å². The van der Waals surface area contributed by atoms with E-state index >= 15 is 0 Å². The summed E-state index contributed by atoms with van der Waals surface area (Å²) in [5.74, 6) is 0.261. The van der Waals surface area contributed by atoms with Crippen molar-refractivity contribution < 1.29 is 18.0 Å². The van der Waals surface area contributed by atoms with E-state index in [-0.39, 0.29) is 22.9 Å². The van der Waals surface area contributed by atoms with Crippen molar-refractivity contribution in [1.82, 2.24) is 15.1 Å². The van der Waals surface area contributed by atoms with Gasteiger partial charge in [-0.15, -0.1) is 0 Å². The first-order valence-corrected chi connectivity index (χ1v) is 13.1. The molecule has 0 aliphatic heterocycles. The van der Waals surface area contributed by atoms with E-state index in [1.807, 2.05) is 43.3 Å². The van der Waals surface area contributed by atoms with Gasteiger partial charge in [0.15, 0.2) is 5.69 Å². The van der Waals surface area contributed by atoms with Crippen LogP contribution in [-0.2, 0) is 6.18 Å². The Morgan fingerprint density at radius 3 is 2.64 bits per heavy atom. The molecule has 1 saturated carbocycles. The third-order valence-corrected chi connectivity index (χ3v) is 7.35. The normalized spacial score (nSPS) is 19.7. The van der Waals surface area contributed by atoms with E-state index in [2.05, 4.69) is 28.6 Å². The summed E-state index contributed by atoms with van der Waals surface area (Å²) in [6.45, 7) is 1.87. The Morgan fingerprint density at radius 1 is 1.18 bits per heavy atom. The second-order valence-electron chi connectivity index (χ2n) is 10.6. The first-order valence-electron chi connectivity index (χ1n) is 13.1. The van der Waals surface area contributed by atoms with Crippen LogP contribution >= 0.6 is 0 Å². The number of halogens is 3. The molecule has 1 fully saturated rings. The lowest BCUT2D eigenvalue weighted by molar-refractivity contribution is -0.141. The standard InChI is InChI=1S/C31H29F3N4O/c1-30(16-6-10-24(19-30)26(15-14-21-12-13-21)23-8-3-2-4-9-23)36-29(39)27-18-28(31(32,33)34)37-38(27)25-11-5-7-22(17-25)20-35/h2-11,17-19,21,26H,12-16H2,1H3,(H,36,39). The maximum atomic E-state index is 13.6. The van der Waals surface area contributed by atoms with E-state index in [0.29, 0.717) is 6.42 Å². The van der Waals surface area contributed by atoms with E-state index in [0.717, 1.165) is 35.1 Å². The van der Waals surface area contributed by atoms with Crippen LogP contribution in [0.3, 0.4) is 0 Å². The molecule has 39 heavy (non-hydrogen) atoms. The van der Waals surface area contributed by atoms with Gasteiger partial charge in [-0.05, 0) is 61.4 Å². The molecule has 1 N–H and O–H groups in total. The topological polar surface area (TPSA) is 70.7 Å². The number of aromatic nitrogens is 2. The van der Waals surface area contributed by atoms with Crippen molar-refractivity contribution in [1.29, 1.82) is 5.26 Å². The summed E-state index contributed by atoms with van der Waals surface area (Å²) in [5.41, 5.74) is 0.495. The van der Waals surface area contributed by atoms with Crippen LogP contribution in [-0.4, -0.2) is 21.2 Å². The van der Waals surface area contributed by atoms with Crippen LogP contribution in [0.2, 0.25) is 0 Å². The highest BCUT2D eigenvalue weighted by Gasteiger charge is 2.37. The van der Waals surface area contributed by atoms with E-state index in [9.17, 15) is 23.2 Å². The summed E-state index contributed by atoms with van der Waals surface area (Å²) in [4.78, 5) is 13.5. The number of alkyl halides is 3. The molecular formula is C31H29F3N4O. The van der Waals surface area contributed by atoms with Gasteiger partial charge in [-0.1, -0.05) is 67.5 Å². The van der Waals surface area contributed by atoms with E-state index in [1.54, 1.807) is 0 Å². The minimum Gasteiger partial charge on any atom is -0.342 e. The average Bonchev–Trinajstić information content (AvgIpc) is 3.62. The van der Waals surface area contributed by atoms with E-state index < -0.39 is 23.3 Å². The fourth-order valence-corrected chi connectivity index (χ4v) is 5.15. The first kappa shape index (κ1) is 26.5. The van der Waals surface area contributed by atoms with Gasteiger partial charge in [0.25, 0.3) is 5.91 Å². The zero-order valence-corrected chi connectivity index (χ0v) is 21.6. The molecule has 0 saturated heterocycles. The van der Waals surface area contributed by atoms with E-state index in [4.69, 9.17) is 0 Å². The number of nitrogens with zero attached hydrogens (tertiary/aromatic N) is 3. The number of allylic oxidation sites excluding steroid dienone is 2. The Bertz CT molecular complexity index is 1460. The average molecular weight is 531 g/mol. The Morgan fingerprint density at radius 2 is 1.95 bits per heavy atom. The molecule has 2 aliphatic rings. The van der Waals surface area contributed by atoms with Crippen LogP contribution in [0.25, 0.3) is 5.69 Å². The van der Waals surface area contributed by atoms with Crippen molar-refractivity contribution in [2.24, 2.45) is 5.92 Å². The molecule has 2 unspecified atom stereocenters. The fourth-order valence-electron chi connectivity index (χ4n) is 5.15. The molecule has 2 aromatic carbocycles. The third kappa shape index (κ3) is 6.14. The highest BCUT2D eigenvalue weighted by molar-refractivity contribution is 5.94. The molecule has 1 aromatic heterocycles. The second kappa shape index (κ2) is 10.6. The number of nitrogens with one attached hydrogen (secondary N) is 1. The number of hydrogen-bond donors (Lipinski definition) is 1. The van der Waals surface area contributed by atoms with Crippen LogP contribution < -0.4 is 5.32 Å². The zero-order valence-electron chi connectivity index (χ0n) is 21.6. The summed E-state index contributed by atoms with van der Waals surface area (Å²) in [7, 11) is 0. The summed E-state index contributed by atoms with van der Waals surface area (Å²) < 4.78 is 41.7. The van der Waals surface area contributed by atoms with Crippen molar-refractivity contribution in [3.8, 4) is 11.8 Å². The summed E-state index contributed by atoms with van der Waals surface area (Å²) in [6.07, 6.45) is 6.58. The first-order chi connectivity index (χ1) is 18.6. The minimum atomic E-state index is -4.73. The molecule has 8 heteroatoms. The maximum Gasteiger partial charge on any atom is 0.435 e. The number of carbonyl (C=O) groups is 1. The molecule has 3 aromatic rings. The molecule has 1 heterocycles. The largest absolute Gasteiger partial charge is 0.435 e. The fraction of sp³-hybridized carbons (Fsp3) is 0.323. The number of carbonyl (C=O) groups excluding carboxylic acids is 1. The maximum absolute atomic E-state index is 13.6. The molecule has 200 valence electrons. The molecule has 0 radical (unpaired) electrons. The van der Waals surface area contributed by atoms with Gasteiger partial charge in [0.05, 0.1) is 22.9 Å². The Hall–Kier alpha value is -4.12. The molecule has 2 atom stereocenters. The monoisotopic (exact) mass is 530 g/mol. The summed E-state index contributed by atoms with van der Waals surface area (Å²) in [6, 6.07) is 19.0. The third-order valence-electron chi connectivity index (χ3n) is 7.35. The second-order valence-corrected chi connectivity index (χ2v) is 10.6. The van der Waals surface area contributed by atoms with Crippen molar-refractivity contribution in [2.75, 3.05) is 0 Å². The van der Waals surface area contributed by atoms with Gasteiger partial charge in [-0.2, -0.15) is 23.5 Å². The predicted molar refractivity (Wildman–Crippen MR) is 142 cm³/mol. The highest BCUT2D eigenvalue weighted by Crippen LogP contribution is 2.40. The Labute approximate surface area is 225 Å². The smallest absolute Gasteiger partial charge is 0.342 e. The zero-order chi connectivity index (χ0) is 27.6. The minimum absolute atomic E-state index is 0.163. The van der Waals surface area contributed by atoms with Crippen LogP contribution in [0.4, 0.5) is 13.2 Å². The van der Waals surface area contributed by atoms with Crippen molar-refractivity contribution >= 4 is 5.91 Å². The summed E-state index contributed by atoms with van der Waals surface area (Å²) in [5, 5.41) is 15.9. The Kier molecular flexibility index (Phi) is 7.17. The molecule has 2 aliphatic carbocycles. The van der Waals surface area contributed by atoms with Crippen LogP contribution in [0.5, 0.6) is 0 Å². The lowest BCUT2D eigenvalue weighted by Crippen LogP contribution is -2.45. The predicted octanol–water partition coefficient (Wildman–Crippen LogP) is 7.11. The number of hydrogen-bond acceptors (Lipinski definition) is 3. The summed E-state index contributed by atoms with van der Waals surface area (Å²) >= 11 is 0. The van der Waals surface area contributed by atoms with Gasteiger partial charge < -0.3 is 5.32 Å². The van der Waals surface area contributed by atoms with Crippen molar-refractivity contribution in [3.05, 3.63) is 107 Å². The number of rotatable bonds is 8. The van der Waals surface area contributed by atoms with Gasteiger partial charge >= 0.3 is 6.18 Å².